The molecule has 0 bridgehead atoms. The molecule has 1 aromatic rings. The van der Waals surface area contributed by atoms with Crippen LogP contribution in [-0.2, 0) is 18.5 Å². The summed E-state index contributed by atoms with van der Waals surface area (Å²) in [4.78, 5) is 13.7. The molecule has 8 heteroatoms. The number of carbonyl (C=O) groups excluding carboxylic acids is 1. The minimum Gasteiger partial charge on any atom is -0.459 e. The van der Waals surface area contributed by atoms with Gasteiger partial charge in [0.1, 0.15) is 17.2 Å². The van der Waals surface area contributed by atoms with Crippen molar-refractivity contribution in [3.05, 3.63) is 18.0 Å². The van der Waals surface area contributed by atoms with Crippen molar-refractivity contribution in [1.29, 1.82) is 0 Å². The Labute approximate surface area is 103 Å². The molecule has 1 heterocycles. The number of halogens is 1. The summed E-state index contributed by atoms with van der Waals surface area (Å²) in [5.41, 5.74) is 0.0284. The lowest BCUT2D eigenvalue weighted by atomic mass is 10.4. The van der Waals surface area contributed by atoms with Crippen LogP contribution in [0.3, 0.4) is 0 Å². The molecule has 0 saturated heterocycles. The Morgan fingerprint density at radius 1 is 1.47 bits per heavy atom. The lowest BCUT2D eigenvalue weighted by Crippen LogP contribution is -2.11. The Hall–Kier alpha value is -1.05. The fraction of sp³-hybridized carbons (Fsp3) is 0.444. The Kier molecular flexibility index (Phi) is 4.98. The first kappa shape index (κ1) is 14.0. The second-order valence-corrected chi connectivity index (χ2v) is 5.59. The molecule has 1 aromatic heterocycles. The van der Waals surface area contributed by atoms with Crippen molar-refractivity contribution in [2.75, 3.05) is 19.8 Å². The number of carbonyl (C=O) groups is 1. The highest BCUT2D eigenvalue weighted by Gasteiger charge is 2.16. The molecule has 1 N–H and O–H groups in total. The summed E-state index contributed by atoms with van der Waals surface area (Å²) in [6, 6.07) is 1.12. The van der Waals surface area contributed by atoms with Gasteiger partial charge in [-0.05, 0) is 13.0 Å². The maximum atomic E-state index is 11.4. The molecule has 6 nitrogen and oxygen atoms in total. The van der Waals surface area contributed by atoms with Gasteiger partial charge in [0.15, 0.2) is 0 Å². The molecule has 17 heavy (non-hydrogen) atoms. The largest absolute Gasteiger partial charge is 0.459 e. The van der Waals surface area contributed by atoms with Gasteiger partial charge in [-0.1, -0.05) is 0 Å². The Bertz CT molecular complexity index is 481. The highest BCUT2D eigenvalue weighted by molar-refractivity contribution is 8.13. The SMILES string of the molecule is CCOCCOC(=O)c1cc(S(=O)(=O)Cl)c[nH]1. The molecule has 0 aliphatic rings. The zero-order valence-corrected chi connectivity index (χ0v) is 10.7. The first-order valence-corrected chi connectivity index (χ1v) is 7.14. The maximum Gasteiger partial charge on any atom is 0.354 e. The zero-order valence-electron chi connectivity index (χ0n) is 9.10. The second kappa shape index (κ2) is 6.04. The van der Waals surface area contributed by atoms with E-state index in [4.69, 9.17) is 20.2 Å². The van der Waals surface area contributed by atoms with E-state index in [1.807, 2.05) is 6.92 Å². The van der Waals surface area contributed by atoms with E-state index in [1.54, 1.807) is 0 Å². The summed E-state index contributed by atoms with van der Waals surface area (Å²) in [6.45, 7) is 2.76. The smallest absolute Gasteiger partial charge is 0.354 e. The molecular weight excluding hydrogens is 270 g/mol. The van der Waals surface area contributed by atoms with Crippen LogP contribution >= 0.6 is 10.7 Å². The average Bonchev–Trinajstić information content (AvgIpc) is 2.72. The molecule has 0 aliphatic carbocycles. The van der Waals surface area contributed by atoms with Crippen LogP contribution in [0.15, 0.2) is 17.2 Å². The van der Waals surface area contributed by atoms with E-state index in [0.717, 1.165) is 12.3 Å². The van der Waals surface area contributed by atoms with Crippen molar-refractivity contribution >= 4 is 25.7 Å². The second-order valence-electron chi connectivity index (χ2n) is 3.02. The number of rotatable bonds is 6. The molecule has 0 radical (unpaired) electrons. The number of hydrogen-bond donors (Lipinski definition) is 1. The number of hydrogen-bond acceptors (Lipinski definition) is 5. The summed E-state index contributed by atoms with van der Waals surface area (Å²) < 4.78 is 31.7. The van der Waals surface area contributed by atoms with Crippen LogP contribution in [0.25, 0.3) is 0 Å². The highest BCUT2D eigenvalue weighted by atomic mass is 35.7. The van der Waals surface area contributed by atoms with Gasteiger partial charge < -0.3 is 14.5 Å². The van der Waals surface area contributed by atoms with Crippen molar-refractivity contribution < 1.29 is 22.7 Å². The standard InChI is InChI=1S/C9H12ClNO5S/c1-2-15-3-4-16-9(12)8-5-7(6-11-8)17(10,13)14/h5-6,11H,2-4H2,1H3. The summed E-state index contributed by atoms with van der Waals surface area (Å²) in [6.07, 6.45) is 1.13. The Morgan fingerprint density at radius 2 is 2.18 bits per heavy atom. The van der Waals surface area contributed by atoms with Gasteiger partial charge >= 0.3 is 5.97 Å². The summed E-state index contributed by atoms with van der Waals surface area (Å²) in [5.74, 6) is -0.656. The molecule has 96 valence electrons. The van der Waals surface area contributed by atoms with Gasteiger partial charge in [0.05, 0.1) is 6.61 Å². The van der Waals surface area contributed by atoms with Gasteiger partial charge in [-0.25, -0.2) is 13.2 Å². The molecule has 0 fully saturated rings. The van der Waals surface area contributed by atoms with E-state index < -0.39 is 15.0 Å². The van der Waals surface area contributed by atoms with Crippen LogP contribution in [-0.4, -0.2) is 39.2 Å². The van der Waals surface area contributed by atoms with Gasteiger partial charge in [-0.2, -0.15) is 0 Å². The molecule has 0 spiro atoms. The lowest BCUT2D eigenvalue weighted by molar-refractivity contribution is 0.0330. The minimum absolute atomic E-state index is 0.0284. The first-order chi connectivity index (χ1) is 7.95. The van der Waals surface area contributed by atoms with Crippen LogP contribution in [0.5, 0.6) is 0 Å². The Morgan fingerprint density at radius 3 is 2.71 bits per heavy atom. The molecule has 0 unspecified atom stereocenters. The fourth-order valence-corrected chi connectivity index (χ4v) is 1.77. The predicted molar refractivity (Wildman–Crippen MR) is 60.6 cm³/mol. The molecule has 1 rings (SSSR count). The van der Waals surface area contributed by atoms with Gasteiger partial charge in [0.25, 0.3) is 9.05 Å². The van der Waals surface area contributed by atoms with Gasteiger partial charge in [0, 0.05) is 23.5 Å². The number of H-pyrrole nitrogens is 1. The van der Waals surface area contributed by atoms with Crippen molar-refractivity contribution in [3.63, 3.8) is 0 Å². The normalized spacial score (nSPS) is 11.4. The lowest BCUT2D eigenvalue weighted by Gasteiger charge is -2.02. The number of esters is 1. The van der Waals surface area contributed by atoms with Crippen LogP contribution in [0, 0.1) is 0 Å². The molecule has 0 aromatic carbocycles. The molecule has 0 saturated carbocycles. The van der Waals surface area contributed by atoms with Crippen molar-refractivity contribution in [2.45, 2.75) is 11.8 Å². The van der Waals surface area contributed by atoms with E-state index in [1.165, 1.54) is 0 Å². The fourth-order valence-electron chi connectivity index (χ4n) is 1.05. The Balaban J connectivity index is 2.56. The van der Waals surface area contributed by atoms with Crippen LogP contribution in [0.4, 0.5) is 0 Å². The van der Waals surface area contributed by atoms with Crippen molar-refractivity contribution in [1.82, 2.24) is 4.98 Å². The summed E-state index contributed by atoms with van der Waals surface area (Å²) >= 11 is 0. The van der Waals surface area contributed by atoms with E-state index in [0.29, 0.717) is 13.2 Å². The topological polar surface area (TPSA) is 85.5 Å². The third-order valence-corrected chi connectivity index (χ3v) is 3.16. The van der Waals surface area contributed by atoms with E-state index in [2.05, 4.69) is 4.98 Å². The van der Waals surface area contributed by atoms with Crippen LogP contribution in [0.1, 0.15) is 17.4 Å². The van der Waals surface area contributed by atoms with E-state index >= 15 is 0 Å². The van der Waals surface area contributed by atoms with E-state index in [9.17, 15) is 13.2 Å². The summed E-state index contributed by atoms with van der Waals surface area (Å²) in [5, 5.41) is 0. The zero-order chi connectivity index (χ0) is 12.9. The third-order valence-electron chi connectivity index (χ3n) is 1.82. The number of nitrogens with one attached hydrogen (secondary N) is 1. The van der Waals surface area contributed by atoms with Gasteiger partial charge in [0.2, 0.25) is 0 Å². The van der Waals surface area contributed by atoms with Crippen molar-refractivity contribution in [2.24, 2.45) is 0 Å². The molecular formula is C9H12ClNO5S. The van der Waals surface area contributed by atoms with Crippen LogP contribution in [0.2, 0.25) is 0 Å². The number of aromatic nitrogens is 1. The third kappa shape index (κ3) is 4.37. The van der Waals surface area contributed by atoms with Gasteiger partial charge in [-0.15, -0.1) is 0 Å². The molecule has 0 aliphatic heterocycles. The summed E-state index contributed by atoms with van der Waals surface area (Å²) in [7, 11) is 1.27. The monoisotopic (exact) mass is 281 g/mol. The number of ether oxygens (including phenoxy) is 2. The first-order valence-electron chi connectivity index (χ1n) is 4.83. The van der Waals surface area contributed by atoms with Crippen LogP contribution < -0.4 is 0 Å². The highest BCUT2D eigenvalue weighted by Crippen LogP contribution is 2.15. The number of aromatic amines is 1. The molecule has 0 amide bonds. The minimum atomic E-state index is -3.84. The molecule has 0 atom stereocenters. The van der Waals surface area contributed by atoms with Gasteiger partial charge in [-0.3, -0.25) is 0 Å². The average molecular weight is 282 g/mol. The maximum absolute atomic E-state index is 11.4. The van der Waals surface area contributed by atoms with E-state index in [-0.39, 0.29) is 17.2 Å². The quantitative estimate of drug-likeness (QED) is 0.480. The van der Waals surface area contributed by atoms with Crippen molar-refractivity contribution in [3.8, 4) is 0 Å². The predicted octanol–water partition coefficient (Wildman–Crippen LogP) is 1.14.